The van der Waals surface area contributed by atoms with Crippen LogP contribution in [0.3, 0.4) is 0 Å². The summed E-state index contributed by atoms with van der Waals surface area (Å²) in [4.78, 5) is 31.9. The number of hydrogen-bond acceptors (Lipinski definition) is 5. The number of nitrogens with zero attached hydrogens (tertiary/aromatic N) is 4. The van der Waals surface area contributed by atoms with Crippen molar-refractivity contribution < 1.29 is 9.72 Å². The van der Waals surface area contributed by atoms with E-state index in [-0.39, 0.29) is 22.2 Å². The van der Waals surface area contributed by atoms with Crippen molar-refractivity contribution in [1.82, 2.24) is 9.88 Å². The molecule has 29 heavy (non-hydrogen) atoms. The van der Waals surface area contributed by atoms with Crippen LogP contribution in [-0.4, -0.2) is 46.9 Å². The summed E-state index contributed by atoms with van der Waals surface area (Å²) in [6.45, 7) is 4.39. The maximum Gasteiger partial charge on any atom is 0.288 e. The van der Waals surface area contributed by atoms with E-state index >= 15 is 0 Å². The number of amides is 1. The molecule has 1 aliphatic rings. The lowest BCUT2D eigenvalue weighted by molar-refractivity contribution is -0.384. The third-order valence-electron chi connectivity index (χ3n) is 5.19. The van der Waals surface area contributed by atoms with E-state index in [0.717, 1.165) is 22.3 Å². The highest BCUT2D eigenvalue weighted by atomic mass is 35.5. The molecular weight excluding hydrogens is 392 g/mol. The molecule has 0 radical (unpaired) electrons. The molecule has 0 saturated carbocycles. The van der Waals surface area contributed by atoms with Crippen LogP contribution in [0, 0.1) is 17.0 Å². The molecule has 1 amide bonds. The first kappa shape index (κ1) is 19.1. The highest BCUT2D eigenvalue weighted by Gasteiger charge is 2.25. The molecule has 1 fully saturated rings. The molecule has 0 bridgehead atoms. The zero-order valence-corrected chi connectivity index (χ0v) is 16.6. The maximum absolute atomic E-state index is 12.8. The summed E-state index contributed by atoms with van der Waals surface area (Å²) in [7, 11) is 0. The molecule has 7 nitrogen and oxygen atoms in total. The summed E-state index contributed by atoms with van der Waals surface area (Å²) in [5.41, 5.74) is 2.13. The second-order valence-electron chi connectivity index (χ2n) is 7.02. The normalized spacial score (nSPS) is 14.3. The van der Waals surface area contributed by atoms with Crippen LogP contribution in [0.2, 0.25) is 5.02 Å². The Morgan fingerprint density at radius 1 is 1.10 bits per heavy atom. The number of benzene rings is 2. The first-order chi connectivity index (χ1) is 13.9. The Hall–Kier alpha value is -3.19. The molecule has 0 N–H and O–H groups in total. The molecule has 8 heteroatoms. The van der Waals surface area contributed by atoms with Gasteiger partial charge in [-0.2, -0.15) is 0 Å². The number of aryl methyl sites for hydroxylation is 1. The second kappa shape index (κ2) is 7.67. The van der Waals surface area contributed by atoms with Gasteiger partial charge in [-0.3, -0.25) is 14.9 Å². The van der Waals surface area contributed by atoms with Gasteiger partial charge in [-0.05, 0) is 36.8 Å². The highest BCUT2D eigenvalue weighted by Crippen LogP contribution is 2.27. The second-order valence-corrected chi connectivity index (χ2v) is 7.42. The smallest absolute Gasteiger partial charge is 0.288 e. The molecule has 1 saturated heterocycles. The quantitative estimate of drug-likeness (QED) is 0.480. The van der Waals surface area contributed by atoms with E-state index in [1.54, 1.807) is 4.90 Å². The van der Waals surface area contributed by atoms with Crippen LogP contribution in [0.1, 0.15) is 15.9 Å². The summed E-state index contributed by atoms with van der Waals surface area (Å²) >= 11 is 5.84. The average Bonchev–Trinajstić information content (AvgIpc) is 2.73. The third kappa shape index (κ3) is 3.73. The minimum Gasteiger partial charge on any atom is -0.353 e. The van der Waals surface area contributed by atoms with Gasteiger partial charge in [0.2, 0.25) is 0 Å². The van der Waals surface area contributed by atoms with E-state index in [9.17, 15) is 14.9 Å². The van der Waals surface area contributed by atoms with E-state index in [4.69, 9.17) is 16.6 Å². The standard InChI is InChI=1S/C21H19ClN4O3/c1-14-12-20(23-18-5-3-2-4-16(14)18)24-8-10-25(11-9-24)21(27)15-6-7-17(22)19(13-15)26(28)29/h2-7,12-13H,8-11H2,1H3. The van der Waals surface area contributed by atoms with Gasteiger partial charge in [0.05, 0.1) is 10.4 Å². The van der Waals surface area contributed by atoms with Crippen molar-refractivity contribution in [2.45, 2.75) is 6.92 Å². The van der Waals surface area contributed by atoms with Crippen molar-refractivity contribution >= 4 is 39.9 Å². The number of halogens is 1. The van der Waals surface area contributed by atoms with Crippen molar-refractivity contribution in [3.8, 4) is 0 Å². The maximum atomic E-state index is 12.8. The predicted octanol–water partition coefficient (Wildman–Crippen LogP) is 4.07. The number of para-hydroxylation sites is 1. The minimum absolute atomic E-state index is 0.0223. The molecule has 2 heterocycles. The number of rotatable bonds is 3. The number of fused-ring (bicyclic) bond motifs is 1. The van der Waals surface area contributed by atoms with Gasteiger partial charge in [0.1, 0.15) is 10.8 Å². The first-order valence-corrected chi connectivity index (χ1v) is 9.66. The number of carbonyl (C=O) groups is 1. The number of nitro benzene ring substituents is 1. The molecule has 1 aromatic heterocycles. The Kier molecular flexibility index (Phi) is 5.07. The first-order valence-electron chi connectivity index (χ1n) is 9.28. The Morgan fingerprint density at radius 3 is 2.55 bits per heavy atom. The predicted molar refractivity (Wildman–Crippen MR) is 113 cm³/mol. The summed E-state index contributed by atoms with van der Waals surface area (Å²) in [6, 6.07) is 14.3. The minimum atomic E-state index is -0.579. The number of hydrogen-bond donors (Lipinski definition) is 0. The number of nitro groups is 1. The molecule has 0 aliphatic carbocycles. The highest BCUT2D eigenvalue weighted by molar-refractivity contribution is 6.32. The Bertz CT molecular complexity index is 1110. The largest absolute Gasteiger partial charge is 0.353 e. The summed E-state index contributed by atoms with van der Waals surface area (Å²) in [6.07, 6.45) is 0. The lowest BCUT2D eigenvalue weighted by Crippen LogP contribution is -2.49. The lowest BCUT2D eigenvalue weighted by atomic mass is 10.1. The van der Waals surface area contributed by atoms with Crippen molar-refractivity contribution in [2.24, 2.45) is 0 Å². The number of pyridine rings is 1. The zero-order valence-electron chi connectivity index (χ0n) is 15.8. The Morgan fingerprint density at radius 2 is 1.83 bits per heavy atom. The van der Waals surface area contributed by atoms with E-state index in [0.29, 0.717) is 26.2 Å². The van der Waals surface area contributed by atoms with Crippen LogP contribution in [0.4, 0.5) is 11.5 Å². The van der Waals surface area contributed by atoms with Gasteiger partial charge in [-0.1, -0.05) is 29.8 Å². The summed E-state index contributed by atoms with van der Waals surface area (Å²) < 4.78 is 0. The van der Waals surface area contributed by atoms with Crippen LogP contribution >= 0.6 is 11.6 Å². The molecule has 0 spiro atoms. The van der Waals surface area contributed by atoms with Crippen molar-refractivity contribution in [2.75, 3.05) is 31.1 Å². The van der Waals surface area contributed by atoms with Crippen molar-refractivity contribution in [3.63, 3.8) is 0 Å². The van der Waals surface area contributed by atoms with Gasteiger partial charge in [0.15, 0.2) is 0 Å². The van der Waals surface area contributed by atoms with E-state index in [1.165, 1.54) is 18.2 Å². The van der Waals surface area contributed by atoms with Gasteiger partial charge in [0, 0.05) is 43.2 Å². The fourth-order valence-corrected chi connectivity index (χ4v) is 3.79. The molecule has 0 unspecified atom stereocenters. The average molecular weight is 411 g/mol. The van der Waals surface area contributed by atoms with Crippen LogP contribution in [0.5, 0.6) is 0 Å². The molecule has 148 valence electrons. The fourth-order valence-electron chi connectivity index (χ4n) is 3.60. The van der Waals surface area contributed by atoms with E-state index < -0.39 is 4.92 Å². The molecule has 0 atom stereocenters. The van der Waals surface area contributed by atoms with Crippen molar-refractivity contribution in [1.29, 1.82) is 0 Å². The van der Waals surface area contributed by atoms with E-state index in [1.807, 2.05) is 18.2 Å². The van der Waals surface area contributed by atoms with Gasteiger partial charge in [0.25, 0.3) is 11.6 Å². The topological polar surface area (TPSA) is 79.6 Å². The molecule has 2 aromatic carbocycles. The van der Waals surface area contributed by atoms with Crippen LogP contribution in [-0.2, 0) is 0 Å². The zero-order chi connectivity index (χ0) is 20.5. The fraction of sp³-hybridized carbons (Fsp3) is 0.238. The third-order valence-corrected chi connectivity index (χ3v) is 5.51. The number of aromatic nitrogens is 1. The number of piperazine rings is 1. The lowest BCUT2D eigenvalue weighted by Gasteiger charge is -2.35. The van der Waals surface area contributed by atoms with Gasteiger partial charge < -0.3 is 9.80 Å². The molecule has 3 aromatic rings. The number of anilines is 1. The van der Waals surface area contributed by atoms with Gasteiger partial charge in [-0.15, -0.1) is 0 Å². The number of carbonyl (C=O) groups excluding carboxylic acids is 1. The Labute approximate surface area is 172 Å². The SMILES string of the molecule is Cc1cc(N2CCN(C(=O)c3ccc(Cl)c([N+](=O)[O-])c3)CC2)nc2ccccc12. The van der Waals surface area contributed by atoms with Crippen LogP contribution < -0.4 is 4.90 Å². The molecule has 4 rings (SSSR count). The summed E-state index contributed by atoms with van der Waals surface area (Å²) in [5.74, 6) is 0.669. The summed E-state index contributed by atoms with van der Waals surface area (Å²) in [5, 5.41) is 12.2. The molecular formula is C21H19ClN4O3. The van der Waals surface area contributed by atoms with E-state index in [2.05, 4.69) is 24.0 Å². The van der Waals surface area contributed by atoms with Crippen LogP contribution in [0.25, 0.3) is 10.9 Å². The van der Waals surface area contributed by atoms with Gasteiger partial charge >= 0.3 is 0 Å². The Balaban J connectivity index is 1.49. The van der Waals surface area contributed by atoms with Gasteiger partial charge in [-0.25, -0.2) is 4.98 Å². The molecule has 1 aliphatic heterocycles. The van der Waals surface area contributed by atoms with Crippen molar-refractivity contribution in [3.05, 3.63) is 74.8 Å². The monoisotopic (exact) mass is 410 g/mol. The van der Waals surface area contributed by atoms with Crippen LogP contribution in [0.15, 0.2) is 48.5 Å².